The van der Waals surface area contributed by atoms with Crippen LogP contribution in [0.4, 0.5) is 10.1 Å². The van der Waals surface area contributed by atoms with Crippen molar-refractivity contribution in [3.63, 3.8) is 0 Å². The number of anilines is 1. The summed E-state index contributed by atoms with van der Waals surface area (Å²) in [5.74, 6) is -0.487. The molecule has 0 radical (unpaired) electrons. The molecule has 2 rings (SSSR count). The Morgan fingerprint density at radius 2 is 1.86 bits per heavy atom. The molecule has 0 aliphatic heterocycles. The molecule has 21 heavy (non-hydrogen) atoms. The molecular formula is C15H15ClFNO2S. The SMILES string of the molecule is CN(Cc1ccc(Cl)c(F)c1)c1ccccc1S(C)(=O)=O. The molecule has 3 nitrogen and oxygen atoms in total. The topological polar surface area (TPSA) is 37.4 Å². The highest BCUT2D eigenvalue weighted by atomic mass is 35.5. The summed E-state index contributed by atoms with van der Waals surface area (Å²) in [5, 5.41) is 0.0675. The van der Waals surface area contributed by atoms with Gasteiger partial charge in [-0.2, -0.15) is 0 Å². The molecule has 0 heterocycles. The van der Waals surface area contributed by atoms with Crippen LogP contribution >= 0.6 is 11.6 Å². The van der Waals surface area contributed by atoms with Crippen LogP contribution in [0.1, 0.15) is 5.56 Å². The summed E-state index contributed by atoms with van der Waals surface area (Å²) in [6.07, 6.45) is 1.17. The number of sulfone groups is 1. The zero-order valence-electron chi connectivity index (χ0n) is 11.7. The first-order valence-corrected chi connectivity index (χ1v) is 8.50. The van der Waals surface area contributed by atoms with Crippen molar-refractivity contribution >= 4 is 27.1 Å². The van der Waals surface area contributed by atoms with Crippen LogP contribution in [0.3, 0.4) is 0 Å². The predicted molar refractivity (Wildman–Crippen MR) is 83.1 cm³/mol. The van der Waals surface area contributed by atoms with Gasteiger partial charge >= 0.3 is 0 Å². The summed E-state index contributed by atoms with van der Waals surface area (Å²) >= 11 is 5.65. The number of benzene rings is 2. The summed E-state index contributed by atoms with van der Waals surface area (Å²) in [6, 6.07) is 11.3. The zero-order chi connectivity index (χ0) is 15.6. The van der Waals surface area contributed by atoms with Crippen molar-refractivity contribution in [2.75, 3.05) is 18.2 Å². The van der Waals surface area contributed by atoms with E-state index in [9.17, 15) is 12.8 Å². The lowest BCUT2D eigenvalue weighted by Gasteiger charge is -2.22. The molecule has 112 valence electrons. The quantitative estimate of drug-likeness (QED) is 0.862. The molecule has 0 N–H and O–H groups in total. The van der Waals surface area contributed by atoms with Gasteiger partial charge in [0.2, 0.25) is 0 Å². The number of hydrogen-bond acceptors (Lipinski definition) is 3. The third kappa shape index (κ3) is 3.74. The summed E-state index contributed by atoms with van der Waals surface area (Å²) in [4.78, 5) is 2.01. The molecule has 0 bridgehead atoms. The van der Waals surface area contributed by atoms with Crippen LogP contribution in [0, 0.1) is 5.82 Å². The molecule has 2 aromatic rings. The maximum absolute atomic E-state index is 13.5. The van der Waals surface area contributed by atoms with Crippen LogP contribution < -0.4 is 4.90 Å². The van der Waals surface area contributed by atoms with E-state index in [0.717, 1.165) is 0 Å². The molecule has 0 fully saturated rings. The van der Waals surface area contributed by atoms with Crippen molar-refractivity contribution in [3.05, 3.63) is 58.9 Å². The summed E-state index contributed by atoms with van der Waals surface area (Å²) in [7, 11) is -1.56. The van der Waals surface area contributed by atoms with Crippen LogP contribution in [0.25, 0.3) is 0 Å². The van der Waals surface area contributed by atoms with E-state index in [4.69, 9.17) is 11.6 Å². The third-order valence-corrected chi connectivity index (χ3v) is 4.53. The Bertz CT molecular complexity index is 762. The molecule has 6 heteroatoms. The van der Waals surface area contributed by atoms with Crippen molar-refractivity contribution in [2.24, 2.45) is 0 Å². The fourth-order valence-electron chi connectivity index (χ4n) is 2.08. The van der Waals surface area contributed by atoms with Gasteiger partial charge in [-0.3, -0.25) is 0 Å². The number of halogens is 2. The fraction of sp³-hybridized carbons (Fsp3) is 0.200. The van der Waals surface area contributed by atoms with Gasteiger partial charge in [0.25, 0.3) is 0 Å². The van der Waals surface area contributed by atoms with E-state index < -0.39 is 15.7 Å². The van der Waals surface area contributed by atoms with Gasteiger partial charge in [0.05, 0.1) is 15.6 Å². The minimum Gasteiger partial charge on any atom is -0.369 e. The van der Waals surface area contributed by atoms with Gasteiger partial charge < -0.3 is 4.90 Å². The maximum atomic E-state index is 13.5. The third-order valence-electron chi connectivity index (χ3n) is 3.08. The van der Waals surface area contributed by atoms with Gasteiger partial charge in [-0.15, -0.1) is 0 Å². The van der Waals surface area contributed by atoms with Crippen molar-refractivity contribution in [3.8, 4) is 0 Å². The van der Waals surface area contributed by atoms with Crippen molar-refractivity contribution in [1.29, 1.82) is 0 Å². The Hall–Kier alpha value is -1.59. The highest BCUT2D eigenvalue weighted by Gasteiger charge is 2.15. The number of rotatable bonds is 4. The minimum atomic E-state index is -3.32. The number of nitrogens with zero attached hydrogens (tertiary/aromatic N) is 1. The van der Waals surface area contributed by atoms with Crippen LogP contribution in [0.15, 0.2) is 47.4 Å². The largest absolute Gasteiger partial charge is 0.369 e. The number of para-hydroxylation sites is 1. The second-order valence-electron chi connectivity index (χ2n) is 4.84. The normalized spacial score (nSPS) is 11.4. The monoisotopic (exact) mass is 327 g/mol. The van der Waals surface area contributed by atoms with E-state index in [0.29, 0.717) is 17.8 Å². The highest BCUT2D eigenvalue weighted by molar-refractivity contribution is 7.90. The van der Waals surface area contributed by atoms with Crippen molar-refractivity contribution < 1.29 is 12.8 Å². The molecule has 0 saturated heterocycles. The average Bonchev–Trinajstić information content (AvgIpc) is 2.42. The van der Waals surface area contributed by atoms with E-state index in [1.807, 2.05) is 0 Å². The molecule has 0 amide bonds. The molecule has 2 aromatic carbocycles. The molecular weight excluding hydrogens is 313 g/mol. The predicted octanol–water partition coefficient (Wildman–Crippen LogP) is 3.52. The Labute approximate surface area is 128 Å². The average molecular weight is 328 g/mol. The molecule has 0 unspecified atom stereocenters. The van der Waals surface area contributed by atoms with E-state index in [-0.39, 0.29) is 9.92 Å². The molecule has 0 atom stereocenters. The van der Waals surface area contributed by atoms with Gasteiger partial charge in [-0.25, -0.2) is 12.8 Å². The Kier molecular flexibility index (Phi) is 4.54. The van der Waals surface area contributed by atoms with Gasteiger partial charge in [0, 0.05) is 19.8 Å². The first kappa shape index (κ1) is 15.8. The molecule has 0 aliphatic rings. The smallest absolute Gasteiger partial charge is 0.177 e. The molecule has 0 aromatic heterocycles. The summed E-state index contributed by atoms with van der Waals surface area (Å²) < 4.78 is 37.1. The second-order valence-corrected chi connectivity index (χ2v) is 7.24. The van der Waals surface area contributed by atoms with Gasteiger partial charge in [0.15, 0.2) is 9.84 Å². The molecule has 0 saturated carbocycles. The molecule has 0 aliphatic carbocycles. The minimum absolute atomic E-state index is 0.0675. The van der Waals surface area contributed by atoms with Crippen LogP contribution in [-0.2, 0) is 16.4 Å². The van der Waals surface area contributed by atoms with Gasteiger partial charge in [-0.05, 0) is 29.8 Å². The first-order valence-electron chi connectivity index (χ1n) is 6.23. The molecule has 0 spiro atoms. The standard InChI is InChI=1S/C15H15ClFNO2S/c1-18(10-11-7-8-12(16)13(17)9-11)14-5-3-4-6-15(14)21(2,19)20/h3-9H,10H2,1-2H3. The van der Waals surface area contributed by atoms with E-state index in [1.54, 1.807) is 42.3 Å². The summed E-state index contributed by atoms with van der Waals surface area (Å²) in [6.45, 7) is 0.376. The first-order chi connectivity index (χ1) is 9.79. The van der Waals surface area contributed by atoms with Crippen LogP contribution in [-0.4, -0.2) is 21.7 Å². The second kappa shape index (κ2) is 6.03. The maximum Gasteiger partial charge on any atom is 0.177 e. The highest BCUT2D eigenvalue weighted by Crippen LogP contribution is 2.26. The zero-order valence-corrected chi connectivity index (χ0v) is 13.2. The summed E-state index contributed by atoms with van der Waals surface area (Å²) in [5.41, 5.74) is 1.29. The lowest BCUT2D eigenvalue weighted by Crippen LogP contribution is -2.19. The van der Waals surface area contributed by atoms with Crippen molar-refractivity contribution in [2.45, 2.75) is 11.4 Å². The Balaban J connectivity index is 2.33. The van der Waals surface area contributed by atoms with Crippen LogP contribution in [0.5, 0.6) is 0 Å². The van der Waals surface area contributed by atoms with Gasteiger partial charge in [0.1, 0.15) is 5.82 Å². The lowest BCUT2D eigenvalue weighted by molar-refractivity contribution is 0.601. The van der Waals surface area contributed by atoms with Crippen molar-refractivity contribution in [1.82, 2.24) is 0 Å². The Morgan fingerprint density at radius 1 is 1.19 bits per heavy atom. The lowest BCUT2D eigenvalue weighted by atomic mass is 10.2. The Morgan fingerprint density at radius 3 is 2.48 bits per heavy atom. The van der Waals surface area contributed by atoms with E-state index >= 15 is 0 Å². The van der Waals surface area contributed by atoms with Gasteiger partial charge in [-0.1, -0.05) is 29.8 Å². The fourth-order valence-corrected chi connectivity index (χ4v) is 3.13. The van der Waals surface area contributed by atoms with Crippen LogP contribution in [0.2, 0.25) is 5.02 Å². The number of hydrogen-bond donors (Lipinski definition) is 0. The van der Waals surface area contributed by atoms with E-state index in [2.05, 4.69) is 0 Å². The van der Waals surface area contributed by atoms with E-state index in [1.165, 1.54) is 18.4 Å².